The van der Waals surface area contributed by atoms with Crippen molar-refractivity contribution >= 4 is 99.5 Å². The van der Waals surface area contributed by atoms with Gasteiger partial charge in [0, 0.05) is 49.9 Å². The van der Waals surface area contributed by atoms with Gasteiger partial charge in [0.15, 0.2) is 34.1 Å². The first-order chi connectivity index (χ1) is 62.6. The largest absolute Gasteiger partial charge is 0.311 e. The molecule has 0 aliphatic carbocycles. The predicted molar refractivity (Wildman–Crippen MR) is 518 cm³/mol. The Morgan fingerprint density at radius 2 is 0.394 bits per heavy atom. The molecule has 0 atom stereocenters. The smallest absolute Gasteiger partial charge is 0.189 e. The summed E-state index contributed by atoms with van der Waals surface area (Å²) in [6.07, 6.45) is 0. The third-order valence-corrected chi connectivity index (χ3v) is 23.2. The van der Waals surface area contributed by atoms with E-state index >= 15 is 0 Å². The molecule has 21 rings (SSSR count). The maximum atomic E-state index is 10.6. The number of benzene rings is 18. The van der Waals surface area contributed by atoms with Crippen LogP contribution < -0.4 is 0 Å². The number of aromatic nitrogens is 3. The second-order valence-corrected chi connectivity index (χ2v) is 30.7. The molecule has 0 N–H and O–H groups in total. The molecule has 0 aliphatic rings. The van der Waals surface area contributed by atoms with Gasteiger partial charge in [-0.15, -0.1) is 0 Å². The third kappa shape index (κ3) is 15.0. The first-order valence-electron chi connectivity index (χ1n) is 41.0. The fourth-order valence-electron chi connectivity index (χ4n) is 17.4. The highest BCUT2D eigenvalue weighted by atomic mass is 15.0. The van der Waals surface area contributed by atoms with E-state index in [9.17, 15) is 10.5 Å². The molecule has 127 heavy (non-hydrogen) atoms. The van der Waals surface area contributed by atoms with Gasteiger partial charge in [-0.3, -0.25) is 0 Å². The van der Waals surface area contributed by atoms with Crippen LogP contribution in [0.4, 0.5) is 34.1 Å². The molecule has 0 amide bonds. The summed E-state index contributed by atoms with van der Waals surface area (Å²) in [6, 6.07) is 140. The Balaban J connectivity index is 0.000000124. The van der Waals surface area contributed by atoms with Crippen LogP contribution in [0.2, 0.25) is 0 Å². The molecule has 0 radical (unpaired) electrons. The Bertz CT molecular complexity index is 8160. The zero-order valence-corrected chi connectivity index (χ0v) is 68.1. The van der Waals surface area contributed by atoms with Crippen LogP contribution in [0.15, 0.2) is 406 Å². The number of nitrogens with zero attached hydrogens (tertiary/aromatic N) is 11. The summed E-state index contributed by atoms with van der Waals surface area (Å²) < 4.78 is 6.51. The number of hydrogen-bond acceptors (Lipinski definition) is 2. The van der Waals surface area contributed by atoms with E-state index in [1.54, 1.807) is 0 Å². The van der Waals surface area contributed by atoms with E-state index in [1.165, 1.54) is 0 Å². The molecule has 11 heteroatoms. The summed E-state index contributed by atoms with van der Waals surface area (Å²) in [5.41, 5.74) is 30.4. The first kappa shape index (κ1) is 78.1. The molecular formula is C116H67N11. The highest BCUT2D eigenvalue weighted by molar-refractivity contribution is 6.13. The normalized spacial score (nSPS) is 10.8. The minimum atomic E-state index is 0.478. The van der Waals surface area contributed by atoms with E-state index in [1.807, 2.05) is 249 Å². The number of nitriles is 2. The first-order valence-corrected chi connectivity index (χ1v) is 41.0. The molecule has 21 aromatic rings. The van der Waals surface area contributed by atoms with Crippen molar-refractivity contribution in [2.24, 2.45) is 0 Å². The van der Waals surface area contributed by atoms with Crippen LogP contribution >= 0.6 is 0 Å². The molecular weight excluding hydrogens is 1550 g/mol. The van der Waals surface area contributed by atoms with E-state index in [4.69, 9.17) is 39.4 Å². The fraction of sp³-hybridized carbons (Fsp3) is 0. The van der Waals surface area contributed by atoms with Gasteiger partial charge in [0.2, 0.25) is 0 Å². The lowest BCUT2D eigenvalue weighted by molar-refractivity contribution is 1.18. The van der Waals surface area contributed by atoms with Crippen molar-refractivity contribution in [2.45, 2.75) is 0 Å². The average molecular weight is 1610 g/mol. The summed E-state index contributed by atoms with van der Waals surface area (Å²) in [4.78, 5) is 22.5. The average Bonchev–Trinajstić information content (AvgIpc) is 1.61. The zero-order valence-electron chi connectivity index (χ0n) is 68.1. The molecule has 0 saturated carbocycles. The summed E-state index contributed by atoms with van der Waals surface area (Å²) in [5.74, 6) is 0. The van der Waals surface area contributed by atoms with Gasteiger partial charge >= 0.3 is 0 Å². The van der Waals surface area contributed by atoms with Crippen LogP contribution in [0.5, 0.6) is 0 Å². The van der Waals surface area contributed by atoms with E-state index in [0.717, 1.165) is 183 Å². The minimum absolute atomic E-state index is 0.478. The van der Waals surface area contributed by atoms with Gasteiger partial charge in [-0.1, -0.05) is 255 Å². The van der Waals surface area contributed by atoms with Crippen molar-refractivity contribution in [1.29, 1.82) is 10.5 Å². The lowest BCUT2D eigenvalue weighted by atomic mass is 9.88. The second-order valence-electron chi connectivity index (χ2n) is 30.7. The van der Waals surface area contributed by atoms with E-state index < -0.39 is 0 Å². The number of fused-ring (bicyclic) bond motifs is 9. The van der Waals surface area contributed by atoms with Crippen molar-refractivity contribution in [2.75, 3.05) is 0 Å². The fourth-order valence-corrected chi connectivity index (χ4v) is 17.4. The lowest BCUT2D eigenvalue weighted by Gasteiger charge is -2.16. The van der Waals surface area contributed by atoms with Crippen LogP contribution in [0, 0.1) is 62.1 Å². The summed E-state index contributed by atoms with van der Waals surface area (Å²) in [7, 11) is 0. The van der Waals surface area contributed by atoms with E-state index in [2.05, 4.69) is 213 Å². The predicted octanol–water partition coefficient (Wildman–Crippen LogP) is 32.4. The standard InChI is InChI=1S/2C39H22N4.C38H23N3/c1-41-30-17-18-39-36(24-30)33-15-9-10-16-38(33)43(39)32-20-29(19-31(23-32)42-2)35-22-28(26-11-5-3-6-12-26)21-34(37(35)25-40)27-13-7-4-8-14-27;1-41-30-17-18-39-36(24-30)33-15-9-10-16-38(33)43(39)32-20-28(19-31(23-32)42-2)29-21-34(26-11-5-3-6-12-26)37(25-40)35(22-29)27-13-7-4-8-14-27;1-39-32-17-18-38-36(25-32)35-15-9-10-16-37(35)41(38)34-23-31(22-33(24-34)40-2)30-20-28(26-11-5-3-6-12-26)19-29(21-30)27-13-7-4-8-14-27/h2*3-24H;3-25H. The van der Waals surface area contributed by atoms with Gasteiger partial charge in [0.05, 0.1) is 83.7 Å². The lowest BCUT2D eigenvalue weighted by Crippen LogP contribution is -1.96. The Kier molecular flexibility index (Phi) is 21.0. The SMILES string of the molecule is [C-]#[N+]c1cc(-c2cc(-c3ccccc3)c(C#N)c(-c3ccccc3)c2)cc(-n2c3ccccc3c3cc([N+]#[C-])ccc32)c1.[C-]#[N+]c1cc(-c2cc(-c3ccccc3)cc(-c3ccccc3)c2)cc(-n2c3ccccc3c3cc([N+]#[C-])ccc32)c1.[C-]#[N+]c1cc(-c2cc(-c3ccccc3)cc(-c3ccccc3)c2C#N)cc(-n2c3ccccc3c3cc([N+]#[C-])ccc32)c1. The number of para-hydroxylation sites is 3. The van der Waals surface area contributed by atoms with Gasteiger partial charge in [0.1, 0.15) is 12.1 Å². The van der Waals surface area contributed by atoms with Crippen LogP contribution in [0.3, 0.4) is 0 Å². The van der Waals surface area contributed by atoms with Gasteiger partial charge in [-0.25, -0.2) is 29.1 Å². The Labute approximate surface area is 734 Å². The molecule has 0 spiro atoms. The molecule has 18 aromatic carbocycles. The zero-order chi connectivity index (χ0) is 86.4. The van der Waals surface area contributed by atoms with Crippen LogP contribution in [-0.4, -0.2) is 13.7 Å². The highest BCUT2D eigenvalue weighted by Crippen LogP contribution is 2.46. The molecule has 3 heterocycles. The van der Waals surface area contributed by atoms with Crippen LogP contribution in [-0.2, 0) is 0 Å². The molecule has 586 valence electrons. The number of rotatable bonds is 12. The maximum Gasteiger partial charge on any atom is 0.189 e. The van der Waals surface area contributed by atoms with Crippen LogP contribution in [0.25, 0.3) is 212 Å². The van der Waals surface area contributed by atoms with Gasteiger partial charge in [-0.05, 0) is 251 Å². The Morgan fingerprint density at radius 3 is 0.685 bits per heavy atom. The third-order valence-electron chi connectivity index (χ3n) is 23.2. The van der Waals surface area contributed by atoms with Crippen molar-refractivity contribution in [3.8, 4) is 129 Å². The second kappa shape index (κ2) is 34.2. The molecule has 11 nitrogen and oxygen atoms in total. The summed E-state index contributed by atoms with van der Waals surface area (Å²) in [6.45, 7) is 46.5. The molecule has 0 aliphatic heterocycles. The van der Waals surface area contributed by atoms with Crippen molar-refractivity contribution in [1.82, 2.24) is 13.7 Å². The maximum absolute atomic E-state index is 10.6. The van der Waals surface area contributed by atoms with E-state index in [0.29, 0.717) is 45.3 Å². The van der Waals surface area contributed by atoms with Crippen molar-refractivity contribution < 1.29 is 0 Å². The topological polar surface area (TPSA) is 88.5 Å². The van der Waals surface area contributed by atoms with Crippen molar-refractivity contribution in [3.63, 3.8) is 0 Å². The summed E-state index contributed by atoms with van der Waals surface area (Å²) in [5, 5.41) is 27.1. The molecule has 3 aromatic heterocycles. The molecule has 0 bridgehead atoms. The van der Waals surface area contributed by atoms with Crippen LogP contribution in [0.1, 0.15) is 11.1 Å². The van der Waals surface area contributed by atoms with Gasteiger partial charge in [-0.2, -0.15) is 10.5 Å². The summed E-state index contributed by atoms with van der Waals surface area (Å²) >= 11 is 0. The Morgan fingerprint density at radius 1 is 0.173 bits per heavy atom. The molecule has 0 saturated heterocycles. The Hall–Kier alpha value is -18.7. The van der Waals surface area contributed by atoms with E-state index in [-0.39, 0.29) is 0 Å². The number of hydrogen-bond donors (Lipinski definition) is 0. The van der Waals surface area contributed by atoms with Gasteiger partial charge in [0.25, 0.3) is 0 Å². The minimum Gasteiger partial charge on any atom is -0.311 e. The van der Waals surface area contributed by atoms with Gasteiger partial charge < -0.3 is 13.7 Å². The van der Waals surface area contributed by atoms with Crippen molar-refractivity contribution in [3.05, 3.63) is 486 Å². The quantitative estimate of drug-likeness (QED) is 0.114. The molecule has 0 unspecified atom stereocenters. The monoisotopic (exact) mass is 1610 g/mol. The highest BCUT2D eigenvalue weighted by Gasteiger charge is 2.24. The molecule has 0 fully saturated rings.